The Morgan fingerprint density at radius 1 is 0.356 bits per heavy atom. The number of pyridine rings is 4. The van der Waals surface area contributed by atoms with Gasteiger partial charge in [-0.25, -0.2) is 29.5 Å². The summed E-state index contributed by atoms with van der Waals surface area (Å²) in [6.45, 7) is 44.2. The Hall–Kier alpha value is -11.0. The van der Waals surface area contributed by atoms with Crippen LogP contribution in [0, 0.1) is 47.3 Å². The smallest absolute Gasteiger partial charge is 0.408 e. The number of para-hydroxylation sites is 4. The lowest BCUT2D eigenvalue weighted by atomic mass is 10.0. The van der Waals surface area contributed by atoms with Gasteiger partial charge in [0.25, 0.3) is 17.7 Å². The molecule has 118 heavy (non-hydrogen) atoms. The zero-order chi connectivity index (χ0) is 86.8. The molecule has 0 aliphatic heterocycles. The van der Waals surface area contributed by atoms with E-state index in [2.05, 4.69) is 62.2 Å². The predicted octanol–water partition coefficient (Wildman–Crippen LogP) is 16.7. The minimum atomic E-state index is -1.55. The Bertz CT molecular complexity index is 4930. The van der Waals surface area contributed by atoms with Gasteiger partial charge in [0.15, 0.2) is 5.69 Å². The molecule has 0 spiro atoms. The second-order valence-electron chi connectivity index (χ2n) is 35.8. The number of hydrogen-bond donors (Lipinski definition) is 8. The van der Waals surface area contributed by atoms with Crippen LogP contribution in [0.3, 0.4) is 0 Å². The Morgan fingerprint density at radius 2 is 0.610 bits per heavy atom. The molecule has 0 saturated heterocycles. The van der Waals surface area contributed by atoms with E-state index in [0.717, 1.165) is 6.04 Å². The van der Waals surface area contributed by atoms with E-state index in [1.54, 1.807) is 99.6 Å². The van der Waals surface area contributed by atoms with Crippen molar-refractivity contribution in [3.63, 3.8) is 0 Å². The van der Waals surface area contributed by atoms with Crippen LogP contribution in [0.15, 0.2) is 97.1 Å². The molecule has 0 aliphatic rings. The third kappa shape index (κ3) is 27.0. The number of nitrogens with zero attached hydrogens (tertiary/aromatic N) is 4. The van der Waals surface area contributed by atoms with Crippen LogP contribution in [-0.4, -0.2) is 144 Å². The second-order valence-corrected chi connectivity index (χ2v) is 41.5. The first-order valence-electron chi connectivity index (χ1n) is 41.1. The maximum atomic E-state index is 15.1. The molecule has 0 aliphatic carbocycles. The summed E-state index contributed by atoms with van der Waals surface area (Å²) in [6, 6.07) is 22.7. The van der Waals surface area contributed by atoms with Crippen molar-refractivity contribution >= 4 is 128 Å². The van der Waals surface area contributed by atoms with E-state index in [-0.39, 0.29) is 179 Å². The maximum Gasteiger partial charge on any atom is 0.408 e. The lowest BCUT2D eigenvalue weighted by Gasteiger charge is -2.24. The van der Waals surface area contributed by atoms with E-state index in [0.29, 0.717) is 39.7 Å². The Balaban J connectivity index is 1.08. The lowest BCUT2D eigenvalue weighted by molar-refractivity contribution is -0.119. The normalized spacial score (nSPS) is 12.9. The molecular formula is C90H122N12O15Si. The number of aromatic nitrogens is 4. The molecule has 4 atom stereocenters. The standard InChI is InChI=1S/C90H122N12O15Si/c1-49(2)37-65(81(103)95-62-32-24-28-58-74(114-46-54(11)12)42-70(92-78(58)62)86(108)101-67(39-51(5)6)83(105)97-64-34-26-30-60-76(116-48-56(15)16)44-72(94-80(60)64)88(110)112-35-36-118(20,21)22)99-85(107)69-41-73(113-45-53(9)10)57-27-23-31-61(77(57)91-69)96-82(104)66(38-50(3)4)100-87(109)71-43-75(115-47-55(13)14)59-29-25-33-63(79(59)93-71)98-84(106)68(40-52(7)8)102-89(111)117-90(17,18)19/h23-34,41-44,49-56,65-68H,35-40,45-48H2,1-22H3,(H,95,103)(H,96,104)(H,97,105)(H,98,106)(H,99,107)(H,100,109)(H,101,108)(H,102,111)/t65-,66-,67-,68-/m1/s1. The van der Waals surface area contributed by atoms with Crippen molar-refractivity contribution in [2.24, 2.45) is 47.3 Å². The summed E-state index contributed by atoms with van der Waals surface area (Å²) in [6.07, 6.45) is 0.00493. The number of esters is 1. The molecule has 4 heterocycles. The van der Waals surface area contributed by atoms with Gasteiger partial charge in [-0.2, -0.15) is 0 Å². The molecule has 4 aromatic carbocycles. The van der Waals surface area contributed by atoms with Gasteiger partial charge in [-0.15, -0.1) is 0 Å². The fraction of sp³-hybridized carbons (Fsp3) is 0.500. The van der Waals surface area contributed by atoms with Gasteiger partial charge in [-0.05, 0) is 148 Å². The highest BCUT2D eigenvalue weighted by atomic mass is 28.3. The Labute approximate surface area is 694 Å². The van der Waals surface area contributed by atoms with E-state index in [1.165, 1.54) is 18.2 Å². The number of benzene rings is 4. The summed E-state index contributed by atoms with van der Waals surface area (Å²) in [4.78, 5) is 150. The Morgan fingerprint density at radius 3 is 0.856 bits per heavy atom. The molecule has 8 N–H and O–H groups in total. The maximum absolute atomic E-state index is 15.1. The summed E-state index contributed by atoms with van der Waals surface area (Å²) in [5, 5.41) is 25.4. The monoisotopic (exact) mass is 1640 g/mol. The summed E-state index contributed by atoms with van der Waals surface area (Å²) in [5.74, 6) is -4.10. The second kappa shape index (κ2) is 41.4. The molecule has 0 saturated carbocycles. The van der Waals surface area contributed by atoms with Crippen molar-refractivity contribution in [2.45, 2.75) is 213 Å². The summed E-state index contributed by atoms with van der Waals surface area (Å²) in [7, 11) is -1.55. The number of hydrogen-bond acceptors (Lipinski definition) is 19. The number of carbonyl (C=O) groups is 9. The minimum absolute atomic E-state index is 0.00635. The number of ether oxygens (including phenoxy) is 6. The molecule has 636 valence electrons. The molecule has 8 rings (SSSR count). The van der Waals surface area contributed by atoms with E-state index in [4.69, 9.17) is 48.4 Å². The summed E-state index contributed by atoms with van der Waals surface area (Å²) in [5.41, 5.74) is 0.472. The van der Waals surface area contributed by atoms with Crippen LogP contribution in [0.1, 0.15) is 199 Å². The number of anilines is 4. The van der Waals surface area contributed by atoms with Gasteiger partial charge in [0.05, 0.1) is 77.9 Å². The van der Waals surface area contributed by atoms with Crippen LogP contribution in [0.5, 0.6) is 23.0 Å². The molecule has 8 amide bonds. The summed E-state index contributed by atoms with van der Waals surface area (Å²) < 4.78 is 36.6. The topological polar surface area (TPSA) is 357 Å². The summed E-state index contributed by atoms with van der Waals surface area (Å²) >= 11 is 0. The van der Waals surface area contributed by atoms with Gasteiger partial charge in [-0.3, -0.25) is 33.6 Å². The quantitative estimate of drug-likeness (QED) is 0.0131. The zero-order valence-electron chi connectivity index (χ0n) is 72.6. The minimum Gasteiger partial charge on any atom is -0.493 e. The van der Waals surface area contributed by atoms with Crippen LogP contribution in [-0.2, 0) is 28.7 Å². The highest BCUT2D eigenvalue weighted by Crippen LogP contribution is 2.37. The molecule has 28 heteroatoms. The van der Waals surface area contributed by atoms with Gasteiger partial charge in [0.2, 0.25) is 23.6 Å². The fourth-order valence-electron chi connectivity index (χ4n) is 12.6. The van der Waals surface area contributed by atoms with E-state index in [1.807, 2.05) is 111 Å². The molecule has 0 radical (unpaired) electrons. The largest absolute Gasteiger partial charge is 0.493 e. The van der Waals surface area contributed by atoms with Crippen LogP contribution in [0.2, 0.25) is 25.7 Å². The van der Waals surface area contributed by atoms with Crippen LogP contribution >= 0.6 is 0 Å². The molecule has 0 unspecified atom stereocenters. The predicted molar refractivity (Wildman–Crippen MR) is 466 cm³/mol. The first-order valence-corrected chi connectivity index (χ1v) is 44.8. The van der Waals surface area contributed by atoms with Crippen molar-refractivity contribution in [3.8, 4) is 23.0 Å². The van der Waals surface area contributed by atoms with Crippen molar-refractivity contribution < 1.29 is 71.6 Å². The van der Waals surface area contributed by atoms with Gasteiger partial charge in [0.1, 0.15) is 69.8 Å². The van der Waals surface area contributed by atoms with Crippen LogP contribution < -0.4 is 61.5 Å². The van der Waals surface area contributed by atoms with E-state index < -0.39 is 91.3 Å². The van der Waals surface area contributed by atoms with Crippen molar-refractivity contribution in [2.75, 3.05) is 54.3 Å². The SMILES string of the molecule is CC(C)COc1cc(C(=O)N[C@H](CC(C)C)C(=O)Nc2cccc3c(OCC(C)C)cc(C(=O)N[C@H](CC(C)C)C(=O)Nc4cccc5c(OCC(C)C)cc(C(=O)N[C@H](CC(C)C)C(=O)Nc6cccc7c(OCC(C)C)cc(C(=O)OCC[Si](C)(C)C)nc67)nc45)nc23)nc2c(NC(=O)[C@@H](CC(C)C)NC(=O)OC(C)(C)C)cccc12. The van der Waals surface area contributed by atoms with Gasteiger partial charge in [-0.1, -0.05) is 155 Å². The lowest BCUT2D eigenvalue weighted by Crippen LogP contribution is -2.46. The molecule has 8 aromatic rings. The zero-order valence-corrected chi connectivity index (χ0v) is 73.6. The average molecular weight is 1640 g/mol. The van der Waals surface area contributed by atoms with Gasteiger partial charge >= 0.3 is 12.1 Å². The fourth-order valence-corrected chi connectivity index (χ4v) is 13.3. The third-order valence-corrected chi connectivity index (χ3v) is 19.9. The average Bonchev–Trinajstić information content (AvgIpc) is 0.795. The third-order valence-electron chi connectivity index (χ3n) is 18.2. The van der Waals surface area contributed by atoms with Crippen molar-refractivity contribution in [1.82, 2.24) is 41.2 Å². The van der Waals surface area contributed by atoms with Crippen molar-refractivity contribution in [3.05, 3.63) is 120 Å². The Kier molecular flexibility index (Phi) is 32.4. The van der Waals surface area contributed by atoms with Gasteiger partial charge in [0, 0.05) is 53.9 Å². The van der Waals surface area contributed by atoms with Crippen LogP contribution in [0.25, 0.3) is 43.6 Å². The van der Waals surface area contributed by atoms with E-state index in [9.17, 15) is 33.6 Å². The number of amides is 8. The molecule has 4 aromatic heterocycles. The number of rotatable bonds is 39. The highest BCUT2D eigenvalue weighted by molar-refractivity contribution is 6.76. The first-order chi connectivity index (χ1) is 55.5. The number of nitrogens with one attached hydrogen (secondary N) is 8. The van der Waals surface area contributed by atoms with E-state index >= 15 is 9.59 Å². The molecular weight excluding hydrogens is 1520 g/mol. The first kappa shape index (κ1) is 92.5. The van der Waals surface area contributed by atoms with Crippen molar-refractivity contribution in [1.29, 1.82) is 0 Å². The molecule has 0 bridgehead atoms. The molecule has 0 fully saturated rings. The van der Waals surface area contributed by atoms with Crippen LogP contribution in [0.4, 0.5) is 27.5 Å². The molecule has 27 nitrogen and oxygen atoms in total. The number of fused-ring (bicyclic) bond motifs is 4. The number of carbonyl (C=O) groups excluding carboxylic acids is 9. The van der Waals surface area contributed by atoms with Gasteiger partial charge < -0.3 is 71.0 Å². The highest BCUT2D eigenvalue weighted by Gasteiger charge is 2.33. The number of alkyl carbamates (subject to hydrolysis) is 1.